The van der Waals surface area contributed by atoms with Crippen LogP contribution in [-0.4, -0.2) is 36.2 Å². The lowest BCUT2D eigenvalue weighted by atomic mass is 10.2. The van der Waals surface area contributed by atoms with Crippen LogP contribution in [0, 0.1) is 18.8 Å². The third kappa shape index (κ3) is 5.21. The minimum Gasteiger partial charge on any atom is -0.464 e. The highest BCUT2D eigenvalue weighted by Crippen LogP contribution is 2.21. The number of carbonyl (C=O) groups excluding carboxylic acids is 2. The second kappa shape index (κ2) is 8.45. The zero-order chi connectivity index (χ0) is 15.8. The summed E-state index contributed by atoms with van der Waals surface area (Å²) in [6, 6.07) is 1.05. The van der Waals surface area contributed by atoms with E-state index in [2.05, 4.69) is 17.2 Å². The van der Waals surface area contributed by atoms with Gasteiger partial charge in [-0.2, -0.15) is 0 Å². The Morgan fingerprint density at radius 3 is 2.86 bits per heavy atom. The van der Waals surface area contributed by atoms with Gasteiger partial charge in [-0.25, -0.2) is 4.79 Å². The molecule has 1 heterocycles. The van der Waals surface area contributed by atoms with Crippen LogP contribution in [0.1, 0.15) is 40.4 Å². The Morgan fingerprint density at radius 1 is 1.52 bits per heavy atom. The molecule has 1 atom stereocenters. The summed E-state index contributed by atoms with van der Waals surface area (Å²) in [5, 5.41) is 11.3. The molecule has 6 heteroatoms. The van der Waals surface area contributed by atoms with Crippen molar-refractivity contribution in [1.29, 1.82) is 0 Å². The molecule has 0 fully saturated rings. The van der Waals surface area contributed by atoms with Gasteiger partial charge >= 0.3 is 5.97 Å². The number of aliphatic hydroxyl groups excluding tert-OH is 1. The zero-order valence-electron chi connectivity index (χ0n) is 12.4. The smallest absolute Gasteiger partial charge is 0.328 e. The molecule has 5 nitrogen and oxygen atoms in total. The van der Waals surface area contributed by atoms with Crippen molar-refractivity contribution in [3.63, 3.8) is 0 Å². The molecule has 0 bridgehead atoms. The molecular formula is C15H19NO4S. The summed E-state index contributed by atoms with van der Waals surface area (Å²) < 4.78 is 4.84. The average Bonchev–Trinajstić information content (AvgIpc) is 2.81. The molecule has 0 aliphatic heterocycles. The van der Waals surface area contributed by atoms with Gasteiger partial charge in [0.25, 0.3) is 5.91 Å². The van der Waals surface area contributed by atoms with Gasteiger partial charge in [-0.05, 0) is 32.4 Å². The van der Waals surface area contributed by atoms with Crippen LogP contribution in [0.2, 0.25) is 0 Å². The molecule has 0 saturated heterocycles. The van der Waals surface area contributed by atoms with Crippen molar-refractivity contribution in [2.45, 2.75) is 33.2 Å². The second-order valence-corrected chi connectivity index (χ2v) is 5.40. The van der Waals surface area contributed by atoms with E-state index in [1.807, 2.05) is 6.92 Å². The van der Waals surface area contributed by atoms with Gasteiger partial charge in [-0.3, -0.25) is 4.79 Å². The van der Waals surface area contributed by atoms with Gasteiger partial charge in [0.05, 0.1) is 23.0 Å². The van der Waals surface area contributed by atoms with Crippen molar-refractivity contribution in [3.8, 4) is 11.8 Å². The Kier molecular flexibility index (Phi) is 6.92. The van der Waals surface area contributed by atoms with Crippen molar-refractivity contribution in [2.24, 2.45) is 0 Å². The fourth-order valence-electron chi connectivity index (χ4n) is 1.51. The Balaban J connectivity index is 2.74. The van der Waals surface area contributed by atoms with Crippen LogP contribution in [-0.2, 0) is 9.53 Å². The molecule has 0 radical (unpaired) electrons. The van der Waals surface area contributed by atoms with E-state index in [9.17, 15) is 9.59 Å². The lowest BCUT2D eigenvalue weighted by Crippen LogP contribution is -2.39. The van der Waals surface area contributed by atoms with Gasteiger partial charge in [0.15, 0.2) is 0 Å². The van der Waals surface area contributed by atoms with Crippen LogP contribution >= 0.6 is 11.3 Å². The maximum atomic E-state index is 12.1. The molecule has 0 spiro atoms. The van der Waals surface area contributed by atoms with Gasteiger partial charge < -0.3 is 15.2 Å². The second-order valence-electron chi connectivity index (χ2n) is 4.35. The number of esters is 1. The molecule has 1 aromatic rings. The van der Waals surface area contributed by atoms with Crippen LogP contribution in [0.3, 0.4) is 0 Å². The summed E-state index contributed by atoms with van der Waals surface area (Å²) in [4.78, 5) is 24.8. The van der Waals surface area contributed by atoms with Gasteiger partial charge in [0, 0.05) is 6.42 Å². The first-order chi connectivity index (χ1) is 9.99. The first-order valence-electron chi connectivity index (χ1n) is 6.67. The zero-order valence-corrected chi connectivity index (χ0v) is 13.2. The first kappa shape index (κ1) is 17.2. The quantitative estimate of drug-likeness (QED) is 0.638. The van der Waals surface area contributed by atoms with Crippen LogP contribution < -0.4 is 5.32 Å². The fraction of sp³-hybridized carbons (Fsp3) is 0.467. The fourth-order valence-corrected chi connectivity index (χ4v) is 2.46. The Labute approximate surface area is 128 Å². The third-order valence-corrected chi connectivity index (χ3v) is 3.72. The number of hydrogen-bond donors (Lipinski definition) is 2. The Morgan fingerprint density at radius 2 is 2.24 bits per heavy atom. The monoisotopic (exact) mass is 309 g/mol. The third-order valence-electron chi connectivity index (χ3n) is 2.57. The molecule has 0 aromatic carbocycles. The molecule has 1 aromatic heterocycles. The van der Waals surface area contributed by atoms with Crippen LogP contribution in [0.25, 0.3) is 0 Å². The van der Waals surface area contributed by atoms with Crippen LogP contribution in [0.4, 0.5) is 0 Å². The summed E-state index contributed by atoms with van der Waals surface area (Å²) in [5.41, 5.74) is 0.902. The molecule has 1 amide bonds. The molecule has 2 N–H and O–H groups in total. The summed E-state index contributed by atoms with van der Waals surface area (Å²) in [6.45, 7) is 5.46. The van der Waals surface area contributed by atoms with E-state index in [-0.39, 0.29) is 19.1 Å². The van der Waals surface area contributed by atoms with Crippen molar-refractivity contribution < 1.29 is 19.4 Å². The number of rotatable bonds is 5. The average molecular weight is 309 g/mol. The van der Waals surface area contributed by atoms with E-state index in [4.69, 9.17) is 9.84 Å². The lowest BCUT2D eigenvalue weighted by molar-refractivity contribution is -0.144. The maximum Gasteiger partial charge on any atom is 0.328 e. The normalized spacial score (nSPS) is 11.2. The predicted octanol–water partition coefficient (Wildman–Crippen LogP) is 1.47. The molecule has 21 heavy (non-hydrogen) atoms. The van der Waals surface area contributed by atoms with Gasteiger partial charge in [0.2, 0.25) is 0 Å². The van der Waals surface area contributed by atoms with E-state index >= 15 is 0 Å². The number of hydrogen-bond acceptors (Lipinski definition) is 5. The number of amides is 1. The molecule has 0 aliphatic carbocycles. The number of aryl methyl sites for hydroxylation is 1. The number of thiophene rings is 1. The van der Waals surface area contributed by atoms with E-state index < -0.39 is 12.0 Å². The number of carbonyl (C=O) groups is 2. The Hall–Kier alpha value is -1.84. The highest BCUT2D eigenvalue weighted by molar-refractivity contribution is 7.14. The molecular weight excluding hydrogens is 290 g/mol. The van der Waals surface area contributed by atoms with Crippen molar-refractivity contribution in [2.75, 3.05) is 13.2 Å². The Bertz CT molecular complexity index is 568. The summed E-state index contributed by atoms with van der Waals surface area (Å²) in [6.07, 6.45) is 0.402. The van der Waals surface area contributed by atoms with Gasteiger partial charge in [-0.1, -0.05) is 11.8 Å². The van der Waals surface area contributed by atoms with Crippen LogP contribution in [0.15, 0.2) is 6.07 Å². The summed E-state index contributed by atoms with van der Waals surface area (Å²) >= 11 is 1.27. The maximum absolute atomic E-state index is 12.1. The molecule has 1 rings (SSSR count). The van der Waals surface area contributed by atoms with Gasteiger partial charge in [0.1, 0.15) is 6.04 Å². The van der Waals surface area contributed by atoms with E-state index in [0.29, 0.717) is 11.3 Å². The SMILES string of the molecule is CCOC(=O)C(C)NC(=O)c1cc(C)c(C#CCCO)s1. The van der Waals surface area contributed by atoms with Crippen molar-refractivity contribution >= 4 is 23.2 Å². The lowest BCUT2D eigenvalue weighted by Gasteiger charge is -2.11. The summed E-state index contributed by atoms with van der Waals surface area (Å²) in [7, 11) is 0. The topological polar surface area (TPSA) is 75.6 Å². The standard InChI is InChI=1S/C15H19NO4S/c1-4-20-15(19)11(3)16-14(18)13-9-10(2)12(21-13)7-5-6-8-17/h9,11,17H,4,6,8H2,1-3H3,(H,16,18). The van der Waals surface area contributed by atoms with E-state index in [0.717, 1.165) is 10.4 Å². The predicted molar refractivity (Wildman–Crippen MR) is 81.2 cm³/mol. The van der Waals surface area contributed by atoms with Crippen molar-refractivity contribution in [1.82, 2.24) is 5.32 Å². The molecule has 1 unspecified atom stereocenters. The van der Waals surface area contributed by atoms with Crippen molar-refractivity contribution in [3.05, 3.63) is 21.4 Å². The van der Waals surface area contributed by atoms with Crippen LogP contribution in [0.5, 0.6) is 0 Å². The summed E-state index contributed by atoms with van der Waals surface area (Å²) in [5.74, 6) is 4.97. The molecule has 114 valence electrons. The number of aliphatic hydroxyl groups is 1. The molecule has 0 aliphatic rings. The highest BCUT2D eigenvalue weighted by Gasteiger charge is 2.19. The first-order valence-corrected chi connectivity index (χ1v) is 7.48. The number of nitrogens with one attached hydrogen (secondary N) is 1. The number of ether oxygens (including phenoxy) is 1. The van der Waals surface area contributed by atoms with Gasteiger partial charge in [-0.15, -0.1) is 11.3 Å². The highest BCUT2D eigenvalue weighted by atomic mass is 32.1. The minimum absolute atomic E-state index is 0.0157. The van der Waals surface area contributed by atoms with E-state index in [1.54, 1.807) is 19.9 Å². The largest absolute Gasteiger partial charge is 0.464 e. The minimum atomic E-state index is -0.691. The van der Waals surface area contributed by atoms with E-state index in [1.165, 1.54) is 11.3 Å². The molecule has 0 saturated carbocycles.